The van der Waals surface area contributed by atoms with Gasteiger partial charge in [0.1, 0.15) is 0 Å². The summed E-state index contributed by atoms with van der Waals surface area (Å²) in [6.07, 6.45) is 2.47. The van der Waals surface area contributed by atoms with Crippen molar-refractivity contribution >= 4 is 26.0 Å². The third kappa shape index (κ3) is 3.13. The van der Waals surface area contributed by atoms with Gasteiger partial charge in [0.15, 0.2) is 0 Å². The molecule has 1 aromatic rings. The van der Waals surface area contributed by atoms with E-state index in [0.29, 0.717) is 6.42 Å². The molecule has 2 atom stereocenters. The fraction of sp³-hybridized carbons (Fsp3) is 0.538. The molecular formula is C13H18BrNO2S. The van der Waals surface area contributed by atoms with E-state index in [1.807, 2.05) is 25.1 Å². The Balaban J connectivity index is 2.15. The molecule has 5 heteroatoms. The third-order valence-corrected chi connectivity index (χ3v) is 5.53. The van der Waals surface area contributed by atoms with Crippen LogP contribution in [0.25, 0.3) is 0 Å². The number of hydrogen-bond acceptors (Lipinski definition) is 2. The molecule has 18 heavy (non-hydrogen) atoms. The summed E-state index contributed by atoms with van der Waals surface area (Å²) in [5.41, 5.74) is 2.32. The van der Waals surface area contributed by atoms with Gasteiger partial charge in [-0.2, -0.15) is 0 Å². The molecule has 1 N–H and O–H groups in total. The van der Waals surface area contributed by atoms with Gasteiger partial charge in [0, 0.05) is 4.83 Å². The van der Waals surface area contributed by atoms with Crippen LogP contribution in [-0.4, -0.2) is 19.0 Å². The van der Waals surface area contributed by atoms with Gasteiger partial charge in [-0.3, -0.25) is 0 Å². The summed E-state index contributed by atoms with van der Waals surface area (Å²) in [4.78, 5) is 0.145. The minimum Gasteiger partial charge on any atom is -0.212 e. The SMILES string of the molecule is CCCCS(=O)(=O)NC1c2ccccc2CC1Br. The van der Waals surface area contributed by atoms with Gasteiger partial charge in [0.25, 0.3) is 0 Å². The second-order valence-electron chi connectivity index (χ2n) is 4.69. The van der Waals surface area contributed by atoms with Crippen LogP contribution in [0.15, 0.2) is 24.3 Å². The lowest BCUT2D eigenvalue weighted by molar-refractivity contribution is 0.556. The standard InChI is InChI=1S/C13H18BrNO2S/c1-2-3-8-18(16,17)15-13-11-7-5-4-6-10(11)9-12(13)14/h4-7,12-13,15H,2-3,8-9H2,1H3. The molecule has 0 fully saturated rings. The maximum atomic E-state index is 12.0. The van der Waals surface area contributed by atoms with E-state index in [-0.39, 0.29) is 16.6 Å². The second-order valence-corrected chi connectivity index (χ2v) is 7.74. The molecule has 0 aromatic heterocycles. The summed E-state index contributed by atoms with van der Waals surface area (Å²) in [5, 5.41) is 0. The van der Waals surface area contributed by atoms with Gasteiger partial charge in [0.05, 0.1) is 11.8 Å². The van der Waals surface area contributed by atoms with Crippen molar-refractivity contribution in [3.05, 3.63) is 35.4 Å². The summed E-state index contributed by atoms with van der Waals surface area (Å²) < 4.78 is 26.8. The lowest BCUT2D eigenvalue weighted by Gasteiger charge is -2.17. The van der Waals surface area contributed by atoms with Crippen LogP contribution in [0.4, 0.5) is 0 Å². The Hall–Kier alpha value is -0.390. The summed E-state index contributed by atoms with van der Waals surface area (Å²) in [6.45, 7) is 1.99. The Labute approximate surface area is 117 Å². The van der Waals surface area contributed by atoms with Crippen LogP contribution in [0.5, 0.6) is 0 Å². The van der Waals surface area contributed by atoms with Crippen molar-refractivity contribution in [3.63, 3.8) is 0 Å². The molecule has 100 valence electrons. The molecule has 0 spiro atoms. The molecule has 0 saturated heterocycles. The number of benzene rings is 1. The Kier molecular flexibility index (Phi) is 4.45. The van der Waals surface area contributed by atoms with Gasteiger partial charge in [-0.05, 0) is 24.0 Å². The fourth-order valence-corrected chi connectivity index (χ4v) is 4.68. The van der Waals surface area contributed by atoms with Gasteiger partial charge in [-0.1, -0.05) is 53.5 Å². The van der Waals surface area contributed by atoms with E-state index in [9.17, 15) is 8.42 Å². The van der Waals surface area contributed by atoms with Gasteiger partial charge >= 0.3 is 0 Å². The molecule has 2 rings (SSSR count). The molecule has 0 saturated carbocycles. The van der Waals surface area contributed by atoms with Gasteiger partial charge < -0.3 is 0 Å². The number of alkyl halides is 1. The minimum atomic E-state index is -3.18. The van der Waals surface area contributed by atoms with Gasteiger partial charge in [-0.15, -0.1) is 0 Å². The first kappa shape index (κ1) is 14.0. The van der Waals surface area contributed by atoms with E-state index in [1.54, 1.807) is 0 Å². The quantitative estimate of drug-likeness (QED) is 0.843. The highest BCUT2D eigenvalue weighted by Gasteiger charge is 2.32. The topological polar surface area (TPSA) is 46.2 Å². The Morgan fingerprint density at radius 3 is 2.83 bits per heavy atom. The van der Waals surface area contributed by atoms with Crippen molar-refractivity contribution in [2.45, 2.75) is 37.1 Å². The highest BCUT2D eigenvalue weighted by Crippen LogP contribution is 2.36. The van der Waals surface area contributed by atoms with Crippen molar-refractivity contribution in [2.24, 2.45) is 0 Å². The molecule has 2 unspecified atom stereocenters. The predicted octanol–water partition coefficient (Wildman–Crippen LogP) is 2.77. The first-order chi connectivity index (χ1) is 8.53. The summed E-state index contributed by atoms with van der Waals surface area (Å²) in [7, 11) is -3.18. The molecule has 3 nitrogen and oxygen atoms in total. The van der Waals surface area contributed by atoms with E-state index < -0.39 is 10.0 Å². The van der Waals surface area contributed by atoms with Gasteiger partial charge in [-0.25, -0.2) is 13.1 Å². The molecule has 1 aliphatic rings. The van der Waals surface area contributed by atoms with Crippen molar-refractivity contribution in [1.29, 1.82) is 0 Å². The van der Waals surface area contributed by atoms with E-state index in [4.69, 9.17) is 0 Å². The molecule has 0 amide bonds. The Morgan fingerprint density at radius 2 is 2.11 bits per heavy atom. The Morgan fingerprint density at radius 1 is 1.39 bits per heavy atom. The summed E-state index contributed by atoms with van der Waals surface area (Å²) in [5.74, 6) is 0.210. The number of sulfonamides is 1. The van der Waals surface area contributed by atoms with Crippen LogP contribution in [0.2, 0.25) is 0 Å². The van der Waals surface area contributed by atoms with E-state index >= 15 is 0 Å². The minimum absolute atomic E-state index is 0.136. The zero-order chi connectivity index (χ0) is 13.2. The number of unbranched alkanes of at least 4 members (excludes halogenated alkanes) is 1. The average Bonchev–Trinajstić information content (AvgIpc) is 2.63. The first-order valence-electron chi connectivity index (χ1n) is 6.25. The number of rotatable bonds is 5. The van der Waals surface area contributed by atoms with Crippen LogP contribution >= 0.6 is 15.9 Å². The normalized spacial score (nSPS) is 23.0. The molecule has 1 aliphatic carbocycles. The average molecular weight is 332 g/mol. The molecular weight excluding hydrogens is 314 g/mol. The second kappa shape index (κ2) is 5.72. The summed E-state index contributed by atoms with van der Waals surface area (Å²) >= 11 is 3.58. The van der Waals surface area contributed by atoms with E-state index in [2.05, 4.69) is 26.7 Å². The third-order valence-electron chi connectivity index (χ3n) is 3.24. The lowest BCUT2D eigenvalue weighted by atomic mass is 10.1. The van der Waals surface area contributed by atoms with Crippen molar-refractivity contribution in [3.8, 4) is 0 Å². The molecule has 0 aliphatic heterocycles. The summed E-state index contributed by atoms with van der Waals surface area (Å²) in [6, 6.07) is 7.88. The van der Waals surface area contributed by atoms with Crippen molar-refractivity contribution in [1.82, 2.24) is 4.72 Å². The smallest absolute Gasteiger partial charge is 0.212 e. The highest BCUT2D eigenvalue weighted by molar-refractivity contribution is 9.09. The Bertz CT molecular complexity index is 515. The largest absolute Gasteiger partial charge is 0.212 e. The monoisotopic (exact) mass is 331 g/mol. The maximum Gasteiger partial charge on any atom is 0.212 e. The molecule has 1 aromatic carbocycles. The van der Waals surface area contributed by atoms with E-state index in [1.165, 1.54) is 5.56 Å². The maximum absolute atomic E-state index is 12.0. The molecule has 0 bridgehead atoms. The van der Waals surface area contributed by atoms with E-state index in [0.717, 1.165) is 18.4 Å². The predicted molar refractivity (Wildman–Crippen MR) is 77.4 cm³/mol. The lowest BCUT2D eigenvalue weighted by Crippen LogP contribution is -2.33. The number of halogens is 1. The van der Waals surface area contributed by atoms with Crippen LogP contribution in [0, 0.1) is 0 Å². The number of hydrogen-bond donors (Lipinski definition) is 1. The number of nitrogens with one attached hydrogen (secondary N) is 1. The van der Waals surface area contributed by atoms with Crippen LogP contribution in [-0.2, 0) is 16.4 Å². The zero-order valence-electron chi connectivity index (χ0n) is 10.4. The molecule has 0 radical (unpaired) electrons. The molecule has 0 heterocycles. The first-order valence-corrected chi connectivity index (χ1v) is 8.82. The van der Waals surface area contributed by atoms with Crippen molar-refractivity contribution in [2.75, 3.05) is 5.75 Å². The van der Waals surface area contributed by atoms with Crippen LogP contribution in [0.1, 0.15) is 36.9 Å². The zero-order valence-corrected chi connectivity index (χ0v) is 12.8. The highest BCUT2D eigenvalue weighted by atomic mass is 79.9. The number of fused-ring (bicyclic) bond motifs is 1. The fourth-order valence-electron chi connectivity index (χ4n) is 2.27. The van der Waals surface area contributed by atoms with Crippen molar-refractivity contribution < 1.29 is 8.42 Å². The van der Waals surface area contributed by atoms with Gasteiger partial charge in [0.2, 0.25) is 10.0 Å². The van der Waals surface area contributed by atoms with Crippen LogP contribution in [0.3, 0.4) is 0 Å². The van der Waals surface area contributed by atoms with Crippen LogP contribution < -0.4 is 4.72 Å².